The molecule has 0 radical (unpaired) electrons. The lowest BCUT2D eigenvalue weighted by Crippen LogP contribution is -2.11. The minimum Gasteiger partial charge on any atom is -0.506 e. The molecule has 0 atom stereocenters. The molecule has 136 valence electrons. The molecule has 0 amide bonds. The van der Waals surface area contributed by atoms with Crippen LogP contribution in [0.3, 0.4) is 0 Å². The molecule has 3 aromatic rings. The molecule has 27 heavy (non-hydrogen) atoms. The van der Waals surface area contributed by atoms with Gasteiger partial charge in [0, 0.05) is 11.8 Å². The Labute approximate surface area is 156 Å². The van der Waals surface area contributed by atoms with Gasteiger partial charge in [-0.15, -0.1) is 0 Å². The second-order valence-corrected chi connectivity index (χ2v) is 5.74. The quantitative estimate of drug-likeness (QED) is 0.293. The number of hydrogen-bond acceptors (Lipinski definition) is 4. The number of carbonyl (C=O) groups excluding carboxylic acids is 1. The van der Waals surface area contributed by atoms with Gasteiger partial charge in [-0.25, -0.2) is 9.18 Å². The van der Waals surface area contributed by atoms with E-state index in [0.29, 0.717) is 11.3 Å². The standard InChI is InChI=1S/C22H18FNO3/c1-2-27-22(26)20(14-24-17-12-10-16(23)11-13-17)21(25)19-9-5-7-15-6-3-4-8-18(15)19/h3-14,25H,2H2,1H3. The zero-order chi connectivity index (χ0) is 19.2. The summed E-state index contributed by atoms with van der Waals surface area (Å²) in [6.45, 7) is 1.84. The van der Waals surface area contributed by atoms with Gasteiger partial charge in [0.05, 0.1) is 12.3 Å². The number of ether oxygens (including phenoxy) is 1. The van der Waals surface area contributed by atoms with E-state index in [1.807, 2.05) is 30.3 Å². The number of esters is 1. The van der Waals surface area contributed by atoms with Crippen LogP contribution in [0.5, 0.6) is 0 Å². The molecule has 5 heteroatoms. The van der Waals surface area contributed by atoms with Crippen LogP contribution in [0, 0.1) is 5.82 Å². The number of nitrogens with zero attached hydrogens (tertiary/aromatic N) is 1. The first-order valence-electron chi connectivity index (χ1n) is 8.48. The Morgan fingerprint density at radius 2 is 1.78 bits per heavy atom. The monoisotopic (exact) mass is 363 g/mol. The van der Waals surface area contributed by atoms with Crippen molar-refractivity contribution in [1.82, 2.24) is 0 Å². The highest BCUT2D eigenvalue weighted by atomic mass is 19.1. The van der Waals surface area contributed by atoms with E-state index in [0.717, 1.165) is 10.8 Å². The molecule has 0 bridgehead atoms. The maximum Gasteiger partial charge on any atom is 0.343 e. The van der Waals surface area contributed by atoms with Crippen LogP contribution in [0.4, 0.5) is 10.1 Å². The second-order valence-electron chi connectivity index (χ2n) is 5.74. The zero-order valence-corrected chi connectivity index (χ0v) is 14.7. The molecule has 3 aromatic carbocycles. The summed E-state index contributed by atoms with van der Waals surface area (Å²) in [7, 11) is 0. The van der Waals surface area contributed by atoms with Crippen molar-refractivity contribution >= 4 is 34.4 Å². The van der Waals surface area contributed by atoms with Crippen LogP contribution in [0.1, 0.15) is 12.5 Å². The van der Waals surface area contributed by atoms with Crippen LogP contribution in [0.2, 0.25) is 0 Å². The summed E-state index contributed by atoms with van der Waals surface area (Å²) in [6, 6.07) is 18.5. The fraction of sp³-hybridized carbons (Fsp3) is 0.0909. The number of aliphatic hydroxyl groups excluding tert-OH is 1. The van der Waals surface area contributed by atoms with Gasteiger partial charge in [0.15, 0.2) is 0 Å². The molecular weight excluding hydrogens is 345 g/mol. The minimum atomic E-state index is -0.686. The Morgan fingerprint density at radius 3 is 2.52 bits per heavy atom. The van der Waals surface area contributed by atoms with Gasteiger partial charge in [0.25, 0.3) is 0 Å². The number of benzene rings is 3. The predicted octanol–water partition coefficient (Wildman–Crippen LogP) is 5.21. The molecule has 3 rings (SSSR count). The van der Waals surface area contributed by atoms with E-state index in [9.17, 15) is 14.3 Å². The van der Waals surface area contributed by atoms with Crippen molar-refractivity contribution in [2.75, 3.05) is 6.61 Å². The molecule has 0 unspecified atom stereocenters. The molecule has 0 fully saturated rings. The molecule has 0 spiro atoms. The molecule has 0 aliphatic heterocycles. The van der Waals surface area contributed by atoms with Gasteiger partial charge >= 0.3 is 5.97 Å². The van der Waals surface area contributed by atoms with Crippen LogP contribution in [0.25, 0.3) is 16.5 Å². The van der Waals surface area contributed by atoms with Crippen LogP contribution in [-0.4, -0.2) is 23.9 Å². The summed E-state index contributed by atoms with van der Waals surface area (Å²) >= 11 is 0. The van der Waals surface area contributed by atoms with Crippen molar-refractivity contribution in [2.24, 2.45) is 4.99 Å². The van der Waals surface area contributed by atoms with Crippen molar-refractivity contribution < 1.29 is 19.0 Å². The Morgan fingerprint density at radius 1 is 1.07 bits per heavy atom. The Hall–Kier alpha value is -3.47. The van der Waals surface area contributed by atoms with Gasteiger partial charge in [-0.05, 0) is 42.0 Å². The molecule has 0 aliphatic rings. The number of aliphatic imine (C=N–C) groups is 1. The summed E-state index contributed by atoms with van der Waals surface area (Å²) in [6.07, 6.45) is 1.24. The first-order valence-corrected chi connectivity index (χ1v) is 8.48. The second kappa shape index (κ2) is 8.27. The van der Waals surface area contributed by atoms with E-state index in [-0.39, 0.29) is 23.8 Å². The van der Waals surface area contributed by atoms with Crippen LogP contribution in [-0.2, 0) is 9.53 Å². The molecule has 0 aliphatic carbocycles. The third-order valence-electron chi connectivity index (χ3n) is 3.96. The van der Waals surface area contributed by atoms with E-state index < -0.39 is 5.97 Å². The summed E-state index contributed by atoms with van der Waals surface area (Å²) in [4.78, 5) is 16.5. The number of rotatable bonds is 5. The number of fused-ring (bicyclic) bond motifs is 1. The highest BCUT2D eigenvalue weighted by Gasteiger charge is 2.17. The smallest absolute Gasteiger partial charge is 0.343 e. The Kier molecular flexibility index (Phi) is 5.61. The number of carbonyl (C=O) groups is 1. The van der Waals surface area contributed by atoms with Gasteiger partial charge in [-0.1, -0.05) is 42.5 Å². The first-order chi connectivity index (χ1) is 13.1. The van der Waals surface area contributed by atoms with E-state index in [2.05, 4.69) is 4.99 Å². The topological polar surface area (TPSA) is 58.9 Å². The lowest BCUT2D eigenvalue weighted by molar-refractivity contribution is -0.137. The molecule has 4 nitrogen and oxygen atoms in total. The summed E-state index contributed by atoms with van der Waals surface area (Å²) < 4.78 is 18.1. The van der Waals surface area contributed by atoms with Crippen LogP contribution in [0.15, 0.2) is 77.3 Å². The highest BCUT2D eigenvalue weighted by Crippen LogP contribution is 2.26. The van der Waals surface area contributed by atoms with Crippen LogP contribution >= 0.6 is 0 Å². The molecule has 0 saturated carbocycles. The third-order valence-corrected chi connectivity index (χ3v) is 3.96. The number of aliphatic hydroxyl groups is 1. The lowest BCUT2D eigenvalue weighted by Gasteiger charge is -2.09. The lowest BCUT2D eigenvalue weighted by atomic mass is 10.0. The maximum absolute atomic E-state index is 13.0. The van der Waals surface area contributed by atoms with Gasteiger partial charge < -0.3 is 9.84 Å². The van der Waals surface area contributed by atoms with Gasteiger partial charge in [-0.2, -0.15) is 0 Å². The average molecular weight is 363 g/mol. The average Bonchev–Trinajstić information content (AvgIpc) is 2.69. The van der Waals surface area contributed by atoms with E-state index in [1.54, 1.807) is 19.1 Å². The fourth-order valence-electron chi connectivity index (χ4n) is 2.66. The van der Waals surface area contributed by atoms with Gasteiger partial charge in [-0.3, -0.25) is 4.99 Å². The van der Waals surface area contributed by atoms with Crippen molar-refractivity contribution in [2.45, 2.75) is 6.92 Å². The van der Waals surface area contributed by atoms with E-state index in [4.69, 9.17) is 4.74 Å². The zero-order valence-electron chi connectivity index (χ0n) is 14.7. The summed E-state index contributed by atoms with van der Waals surface area (Å²) in [5.41, 5.74) is 0.878. The van der Waals surface area contributed by atoms with Crippen molar-refractivity contribution in [3.63, 3.8) is 0 Å². The fourth-order valence-corrected chi connectivity index (χ4v) is 2.66. The number of hydrogen-bond donors (Lipinski definition) is 1. The molecule has 1 N–H and O–H groups in total. The Balaban J connectivity index is 2.10. The molecule has 0 saturated heterocycles. The first kappa shape index (κ1) is 18.3. The minimum absolute atomic E-state index is 0.0717. The number of halogens is 1. The van der Waals surface area contributed by atoms with Gasteiger partial charge in [0.1, 0.15) is 17.1 Å². The van der Waals surface area contributed by atoms with Crippen molar-refractivity contribution in [1.29, 1.82) is 0 Å². The third kappa shape index (κ3) is 4.20. The maximum atomic E-state index is 13.0. The summed E-state index contributed by atoms with van der Waals surface area (Å²) in [5.74, 6) is -1.29. The molecule has 0 heterocycles. The SMILES string of the molecule is CCOC(=O)C(C=Nc1ccc(F)cc1)=C(O)c1cccc2ccccc12. The van der Waals surface area contributed by atoms with Crippen molar-refractivity contribution in [3.05, 3.63) is 83.7 Å². The van der Waals surface area contributed by atoms with Gasteiger partial charge in [0.2, 0.25) is 0 Å². The Bertz CT molecular complexity index is 1020. The normalized spacial score (nSPS) is 12.2. The van der Waals surface area contributed by atoms with E-state index >= 15 is 0 Å². The van der Waals surface area contributed by atoms with Crippen molar-refractivity contribution in [3.8, 4) is 0 Å². The predicted molar refractivity (Wildman–Crippen MR) is 105 cm³/mol. The molecular formula is C22H18FNO3. The summed E-state index contributed by atoms with van der Waals surface area (Å²) in [5, 5.41) is 12.6. The largest absolute Gasteiger partial charge is 0.506 e. The van der Waals surface area contributed by atoms with E-state index in [1.165, 1.54) is 30.5 Å². The highest BCUT2D eigenvalue weighted by molar-refractivity contribution is 6.16. The van der Waals surface area contributed by atoms with Crippen LogP contribution < -0.4 is 0 Å². The molecule has 0 aromatic heterocycles.